The van der Waals surface area contributed by atoms with E-state index in [1.807, 2.05) is 6.07 Å². The first-order valence-electron chi connectivity index (χ1n) is 6.84. The summed E-state index contributed by atoms with van der Waals surface area (Å²) >= 11 is 3.42. The Morgan fingerprint density at radius 1 is 1.24 bits per heavy atom. The molecule has 0 aliphatic heterocycles. The SMILES string of the molecule is Cc1cccc(CCNCc2ccc(C(=O)O)cc2Br)c1. The van der Waals surface area contributed by atoms with Crippen LogP contribution in [0.4, 0.5) is 0 Å². The van der Waals surface area contributed by atoms with Gasteiger partial charge in [0.15, 0.2) is 0 Å². The number of carbonyl (C=O) groups is 1. The molecule has 2 rings (SSSR count). The zero-order chi connectivity index (χ0) is 15.2. The van der Waals surface area contributed by atoms with Gasteiger partial charge in [-0.05, 0) is 43.1 Å². The van der Waals surface area contributed by atoms with Crippen molar-refractivity contribution in [1.82, 2.24) is 5.32 Å². The lowest BCUT2D eigenvalue weighted by Gasteiger charge is -2.08. The maximum absolute atomic E-state index is 10.9. The lowest BCUT2D eigenvalue weighted by Crippen LogP contribution is -2.17. The van der Waals surface area contributed by atoms with Gasteiger partial charge in [-0.25, -0.2) is 4.79 Å². The fraction of sp³-hybridized carbons (Fsp3) is 0.235. The highest BCUT2D eigenvalue weighted by Gasteiger charge is 2.06. The van der Waals surface area contributed by atoms with Gasteiger partial charge in [0.1, 0.15) is 0 Å². The lowest BCUT2D eigenvalue weighted by molar-refractivity contribution is 0.0697. The number of hydrogen-bond acceptors (Lipinski definition) is 2. The second-order valence-electron chi connectivity index (χ2n) is 5.03. The van der Waals surface area contributed by atoms with Crippen molar-refractivity contribution in [2.75, 3.05) is 6.54 Å². The van der Waals surface area contributed by atoms with Gasteiger partial charge >= 0.3 is 5.97 Å². The standard InChI is InChI=1S/C17H18BrNO2/c1-12-3-2-4-13(9-12)7-8-19-11-15-6-5-14(17(20)21)10-16(15)18/h2-6,9-10,19H,7-8,11H2,1H3,(H,20,21). The summed E-state index contributed by atoms with van der Waals surface area (Å²) < 4.78 is 0.824. The second kappa shape index (κ2) is 7.38. The van der Waals surface area contributed by atoms with Crippen molar-refractivity contribution in [3.63, 3.8) is 0 Å². The molecule has 3 nitrogen and oxygen atoms in total. The molecule has 0 aromatic heterocycles. The monoisotopic (exact) mass is 347 g/mol. The third kappa shape index (κ3) is 4.69. The maximum Gasteiger partial charge on any atom is 0.335 e. The highest BCUT2D eigenvalue weighted by atomic mass is 79.9. The molecule has 0 spiro atoms. The average molecular weight is 348 g/mol. The summed E-state index contributed by atoms with van der Waals surface area (Å²) in [5.74, 6) is -0.908. The van der Waals surface area contributed by atoms with Gasteiger partial charge in [-0.3, -0.25) is 0 Å². The van der Waals surface area contributed by atoms with Crippen molar-refractivity contribution in [2.24, 2.45) is 0 Å². The minimum absolute atomic E-state index is 0.297. The molecule has 0 amide bonds. The van der Waals surface area contributed by atoms with Crippen LogP contribution < -0.4 is 5.32 Å². The highest BCUT2D eigenvalue weighted by Crippen LogP contribution is 2.18. The first-order valence-corrected chi connectivity index (χ1v) is 7.63. The number of carboxylic acids is 1. The molecular weight excluding hydrogens is 330 g/mol. The Labute approximate surface area is 133 Å². The molecule has 0 aliphatic rings. The van der Waals surface area contributed by atoms with Gasteiger partial charge in [-0.1, -0.05) is 51.8 Å². The van der Waals surface area contributed by atoms with E-state index in [4.69, 9.17) is 5.11 Å². The number of carboxylic acid groups (broad SMARTS) is 1. The Morgan fingerprint density at radius 2 is 2.05 bits per heavy atom. The Kier molecular flexibility index (Phi) is 5.53. The van der Waals surface area contributed by atoms with E-state index in [-0.39, 0.29) is 0 Å². The van der Waals surface area contributed by atoms with E-state index in [0.29, 0.717) is 12.1 Å². The van der Waals surface area contributed by atoms with Crippen molar-refractivity contribution in [3.05, 3.63) is 69.2 Å². The van der Waals surface area contributed by atoms with E-state index in [0.717, 1.165) is 23.0 Å². The Balaban J connectivity index is 1.85. The molecule has 2 aromatic rings. The van der Waals surface area contributed by atoms with E-state index < -0.39 is 5.97 Å². The predicted octanol–water partition coefficient (Wildman–Crippen LogP) is 3.79. The smallest absolute Gasteiger partial charge is 0.335 e. The number of rotatable bonds is 6. The highest BCUT2D eigenvalue weighted by molar-refractivity contribution is 9.10. The quantitative estimate of drug-likeness (QED) is 0.781. The van der Waals surface area contributed by atoms with E-state index in [1.54, 1.807) is 12.1 Å². The van der Waals surface area contributed by atoms with Crippen molar-refractivity contribution in [3.8, 4) is 0 Å². The molecule has 2 aromatic carbocycles. The molecule has 21 heavy (non-hydrogen) atoms. The van der Waals surface area contributed by atoms with Crippen LogP contribution in [0.25, 0.3) is 0 Å². The minimum Gasteiger partial charge on any atom is -0.478 e. The van der Waals surface area contributed by atoms with Crippen LogP contribution >= 0.6 is 15.9 Å². The van der Waals surface area contributed by atoms with E-state index in [2.05, 4.69) is 52.4 Å². The van der Waals surface area contributed by atoms with Crippen LogP contribution in [-0.2, 0) is 13.0 Å². The van der Waals surface area contributed by atoms with E-state index in [9.17, 15) is 4.79 Å². The van der Waals surface area contributed by atoms with Gasteiger partial charge in [-0.2, -0.15) is 0 Å². The summed E-state index contributed by atoms with van der Waals surface area (Å²) in [6.45, 7) is 3.70. The fourth-order valence-electron chi connectivity index (χ4n) is 2.15. The molecule has 4 heteroatoms. The van der Waals surface area contributed by atoms with Crippen molar-refractivity contribution >= 4 is 21.9 Å². The lowest BCUT2D eigenvalue weighted by atomic mass is 10.1. The molecule has 0 saturated carbocycles. The first-order chi connectivity index (χ1) is 10.1. The molecular formula is C17H18BrNO2. The molecule has 0 saturated heterocycles. The van der Waals surface area contributed by atoms with E-state index in [1.165, 1.54) is 11.1 Å². The van der Waals surface area contributed by atoms with Crippen LogP contribution in [-0.4, -0.2) is 17.6 Å². The van der Waals surface area contributed by atoms with Gasteiger partial charge in [0, 0.05) is 11.0 Å². The number of nitrogens with one attached hydrogen (secondary N) is 1. The number of hydrogen-bond donors (Lipinski definition) is 2. The molecule has 0 radical (unpaired) electrons. The molecule has 0 fully saturated rings. The zero-order valence-electron chi connectivity index (χ0n) is 11.9. The van der Waals surface area contributed by atoms with E-state index >= 15 is 0 Å². The molecule has 2 N–H and O–H groups in total. The number of aryl methyl sites for hydroxylation is 1. The molecule has 0 unspecified atom stereocenters. The van der Waals surface area contributed by atoms with Gasteiger partial charge in [0.05, 0.1) is 5.56 Å². The number of halogens is 1. The van der Waals surface area contributed by atoms with Gasteiger partial charge in [0.2, 0.25) is 0 Å². The summed E-state index contributed by atoms with van der Waals surface area (Å²) in [6, 6.07) is 13.6. The number of benzene rings is 2. The molecule has 0 aliphatic carbocycles. The zero-order valence-corrected chi connectivity index (χ0v) is 13.5. The van der Waals surface area contributed by atoms with Gasteiger partial charge in [0.25, 0.3) is 0 Å². The molecule has 110 valence electrons. The van der Waals surface area contributed by atoms with Crippen molar-refractivity contribution in [2.45, 2.75) is 19.9 Å². The summed E-state index contributed by atoms with van der Waals surface area (Å²) in [5.41, 5.74) is 3.96. The minimum atomic E-state index is -0.908. The first kappa shape index (κ1) is 15.7. The Bertz CT molecular complexity index is 640. The molecule has 0 atom stereocenters. The maximum atomic E-state index is 10.9. The summed E-state index contributed by atoms with van der Waals surface area (Å²) in [4.78, 5) is 10.9. The third-order valence-corrected chi connectivity index (χ3v) is 4.03. The largest absolute Gasteiger partial charge is 0.478 e. The summed E-state index contributed by atoms with van der Waals surface area (Å²) in [6.07, 6.45) is 0.979. The van der Waals surface area contributed by atoms with Crippen molar-refractivity contribution < 1.29 is 9.90 Å². The Morgan fingerprint density at radius 3 is 2.71 bits per heavy atom. The van der Waals surface area contributed by atoms with Crippen LogP contribution in [0.1, 0.15) is 27.0 Å². The van der Waals surface area contributed by atoms with Gasteiger partial charge in [-0.15, -0.1) is 0 Å². The average Bonchev–Trinajstić information content (AvgIpc) is 2.45. The predicted molar refractivity (Wildman–Crippen MR) is 87.7 cm³/mol. The molecule has 0 heterocycles. The summed E-state index contributed by atoms with van der Waals surface area (Å²) in [7, 11) is 0. The number of aromatic carboxylic acids is 1. The molecule has 0 bridgehead atoms. The van der Waals surface area contributed by atoms with Crippen LogP contribution in [0.15, 0.2) is 46.9 Å². The van der Waals surface area contributed by atoms with Gasteiger partial charge < -0.3 is 10.4 Å². The Hall–Kier alpha value is -1.65. The fourth-order valence-corrected chi connectivity index (χ4v) is 2.67. The van der Waals surface area contributed by atoms with Crippen LogP contribution in [0.3, 0.4) is 0 Å². The van der Waals surface area contributed by atoms with Crippen LogP contribution in [0, 0.1) is 6.92 Å². The second-order valence-corrected chi connectivity index (χ2v) is 5.88. The van der Waals surface area contributed by atoms with Crippen LogP contribution in [0.5, 0.6) is 0 Å². The van der Waals surface area contributed by atoms with Crippen LogP contribution in [0.2, 0.25) is 0 Å². The normalized spacial score (nSPS) is 10.6. The topological polar surface area (TPSA) is 49.3 Å². The third-order valence-electron chi connectivity index (χ3n) is 3.29. The van der Waals surface area contributed by atoms with Crippen molar-refractivity contribution in [1.29, 1.82) is 0 Å². The summed E-state index contributed by atoms with van der Waals surface area (Å²) in [5, 5.41) is 12.3.